The third kappa shape index (κ3) is 4.56. The van der Waals surface area contributed by atoms with Gasteiger partial charge in [0.05, 0.1) is 16.6 Å². The van der Waals surface area contributed by atoms with Crippen molar-refractivity contribution in [3.05, 3.63) is 76.9 Å². The summed E-state index contributed by atoms with van der Waals surface area (Å²) in [4.78, 5) is 35.5. The van der Waals surface area contributed by atoms with Crippen molar-refractivity contribution in [1.29, 1.82) is 0 Å². The van der Waals surface area contributed by atoms with E-state index in [9.17, 15) is 22.8 Å². The van der Waals surface area contributed by atoms with Crippen LogP contribution in [0.4, 0.5) is 18.9 Å². The molecule has 2 aliphatic rings. The van der Waals surface area contributed by atoms with Gasteiger partial charge >= 0.3 is 6.18 Å². The van der Waals surface area contributed by atoms with Crippen molar-refractivity contribution in [2.45, 2.75) is 18.6 Å². The summed E-state index contributed by atoms with van der Waals surface area (Å²) < 4.78 is 41.3. The first-order chi connectivity index (χ1) is 18.3. The molecule has 2 fully saturated rings. The van der Waals surface area contributed by atoms with E-state index in [1.54, 1.807) is 32.6 Å². The molecule has 2 aliphatic heterocycles. The lowest BCUT2D eigenvalue weighted by atomic mass is 10.1. The lowest BCUT2D eigenvalue weighted by molar-refractivity contribution is -0.137. The molecule has 0 bridgehead atoms. The molecule has 2 saturated heterocycles. The smallest absolute Gasteiger partial charge is 0.335 e. The lowest BCUT2D eigenvalue weighted by Crippen LogP contribution is -2.52. The van der Waals surface area contributed by atoms with Crippen LogP contribution in [0, 0.1) is 0 Å². The van der Waals surface area contributed by atoms with Crippen molar-refractivity contribution in [3.63, 3.8) is 0 Å². The SMILES string of the molecule is O=C(c1cscn1)N1CCN([C@@H]2CC(=O)N(c3ccc4c(ccn4-c4cccc(C(F)(F)F)c4)c3)C2)CC1. The van der Waals surface area contributed by atoms with Crippen molar-refractivity contribution >= 4 is 39.7 Å². The first kappa shape index (κ1) is 24.6. The van der Waals surface area contributed by atoms with E-state index >= 15 is 0 Å². The molecule has 0 aliphatic carbocycles. The number of fused-ring (bicyclic) bond motifs is 1. The number of benzene rings is 2. The Hall–Kier alpha value is -3.70. The van der Waals surface area contributed by atoms with Gasteiger partial charge in [-0.25, -0.2) is 4.98 Å². The van der Waals surface area contributed by atoms with E-state index in [1.807, 2.05) is 29.2 Å². The molecule has 7 nitrogen and oxygen atoms in total. The van der Waals surface area contributed by atoms with E-state index in [0.717, 1.165) is 28.7 Å². The molecular formula is C27H24F3N5O2S. The fourth-order valence-corrected chi connectivity index (χ4v) is 5.83. The zero-order valence-electron chi connectivity index (χ0n) is 20.3. The normalized spacial score (nSPS) is 19.0. The van der Waals surface area contributed by atoms with Gasteiger partial charge in [-0.05, 0) is 42.5 Å². The van der Waals surface area contributed by atoms with Crippen LogP contribution >= 0.6 is 11.3 Å². The van der Waals surface area contributed by atoms with Crippen LogP contribution < -0.4 is 4.90 Å². The van der Waals surface area contributed by atoms with Crippen molar-refractivity contribution in [2.24, 2.45) is 0 Å². The van der Waals surface area contributed by atoms with Crippen molar-refractivity contribution in [3.8, 4) is 5.69 Å². The average molecular weight is 540 g/mol. The van der Waals surface area contributed by atoms with Crippen LogP contribution in [0.5, 0.6) is 0 Å². The summed E-state index contributed by atoms with van der Waals surface area (Å²) >= 11 is 1.40. The molecule has 196 valence electrons. The highest BCUT2D eigenvalue weighted by Gasteiger charge is 2.36. The van der Waals surface area contributed by atoms with Gasteiger partial charge < -0.3 is 14.4 Å². The van der Waals surface area contributed by atoms with E-state index in [4.69, 9.17) is 0 Å². The van der Waals surface area contributed by atoms with Gasteiger partial charge in [0.15, 0.2) is 0 Å². The molecule has 2 aromatic heterocycles. The van der Waals surface area contributed by atoms with Crippen LogP contribution in [0.1, 0.15) is 22.5 Å². The minimum atomic E-state index is -4.41. The average Bonchev–Trinajstić information content (AvgIpc) is 3.68. The van der Waals surface area contributed by atoms with Gasteiger partial charge in [0.2, 0.25) is 5.91 Å². The Morgan fingerprint density at radius 3 is 2.55 bits per heavy atom. The molecule has 11 heteroatoms. The van der Waals surface area contributed by atoms with Crippen LogP contribution in [0.25, 0.3) is 16.6 Å². The zero-order chi connectivity index (χ0) is 26.4. The fraction of sp³-hybridized carbons (Fsp3) is 0.296. The second-order valence-electron chi connectivity index (χ2n) is 9.54. The lowest BCUT2D eigenvalue weighted by Gasteiger charge is -2.37. The van der Waals surface area contributed by atoms with Crippen LogP contribution in [0.2, 0.25) is 0 Å². The highest BCUT2D eigenvalue weighted by atomic mass is 32.1. The first-order valence-electron chi connectivity index (χ1n) is 12.3. The van der Waals surface area contributed by atoms with E-state index in [2.05, 4.69) is 9.88 Å². The maximum Gasteiger partial charge on any atom is 0.416 e. The number of hydrogen-bond acceptors (Lipinski definition) is 5. The minimum Gasteiger partial charge on any atom is -0.335 e. The van der Waals surface area contributed by atoms with E-state index in [1.165, 1.54) is 17.4 Å². The Morgan fingerprint density at radius 2 is 1.82 bits per heavy atom. The van der Waals surface area contributed by atoms with Crippen molar-refractivity contribution in [1.82, 2.24) is 19.4 Å². The highest BCUT2D eigenvalue weighted by molar-refractivity contribution is 7.07. The third-order valence-electron chi connectivity index (χ3n) is 7.31. The Morgan fingerprint density at radius 1 is 1.00 bits per heavy atom. The molecule has 0 N–H and O–H groups in total. The van der Waals surface area contributed by atoms with Gasteiger partial charge in [-0.15, -0.1) is 11.3 Å². The molecule has 0 saturated carbocycles. The maximum absolute atomic E-state index is 13.2. The molecule has 0 unspecified atom stereocenters. The number of nitrogens with zero attached hydrogens (tertiary/aromatic N) is 5. The number of carbonyl (C=O) groups excluding carboxylic acids is 2. The van der Waals surface area contributed by atoms with Gasteiger partial charge in [-0.3, -0.25) is 14.5 Å². The van der Waals surface area contributed by atoms with Crippen LogP contribution in [0.15, 0.2) is 65.6 Å². The number of aromatic nitrogens is 2. The summed E-state index contributed by atoms with van der Waals surface area (Å²) in [5.41, 5.74) is 3.38. The Labute approximate surface area is 220 Å². The number of hydrogen-bond donors (Lipinski definition) is 0. The minimum absolute atomic E-state index is 0.0349. The van der Waals surface area contributed by atoms with Gasteiger partial charge in [-0.1, -0.05) is 6.07 Å². The summed E-state index contributed by atoms with van der Waals surface area (Å²) in [6, 6.07) is 12.7. The molecule has 2 aromatic carbocycles. The number of alkyl halides is 3. The molecule has 1 atom stereocenters. The van der Waals surface area contributed by atoms with Gasteiger partial charge in [-0.2, -0.15) is 13.2 Å². The summed E-state index contributed by atoms with van der Waals surface area (Å²) in [7, 11) is 0. The number of halogens is 3. The quantitative estimate of drug-likeness (QED) is 0.378. The topological polar surface area (TPSA) is 61.7 Å². The fourth-order valence-electron chi connectivity index (χ4n) is 5.31. The molecule has 0 radical (unpaired) electrons. The largest absolute Gasteiger partial charge is 0.416 e. The molecule has 6 rings (SSSR count). The Balaban J connectivity index is 1.15. The molecular weight excluding hydrogens is 515 g/mol. The van der Waals surface area contributed by atoms with E-state index < -0.39 is 11.7 Å². The van der Waals surface area contributed by atoms with Gasteiger partial charge in [0.1, 0.15) is 5.69 Å². The van der Waals surface area contributed by atoms with Crippen LogP contribution in [-0.2, 0) is 11.0 Å². The second kappa shape index (κ2) is 9.55. The molecule has 0 spiro atoms. The molecule has 38 heavy (non-hydrogen) atoms. The second-order valence-corrected chi connectivity index (χ2v) is 10.3. The molecule has 4 heterocycles. The monoisotopic (exact) mass is 539 g/mol. The first-order valence-corrected chi connectivity index (χ1v) is 13.2. The van der Waals surface area contributed by atoms with E-state index in [-0.39, 0.29) is 17.9 Å². The van der Waals surface area contributed by atoms with Crippen LogP contribution in [0.3, 0.4) is 0 Å². The molecule has 2 amide bonds. The number of piperazine rings is 1. The number of amides is 2. The zero-order valence-corrected chi connectivity index (χ0v) is 21.1. The number of rotatable bonds is 4. The predicted octanol–water partition coefficient (Wildman–Crippen LogP) is 4.67. The molecule has 4 aromatic rings. The summed E-state index contributed by atoms with van der Waals surface area (Å²) in [6.07, 6.45) is -2.27. The number of anilines is 1. The number of thiazole rings is 1. The third-order valence-corrected chi connectivity index (χ3v) is 7.90. The highest BCUT2D eigenvalue weighted by Crippen LogP contribution is 2.33. The summed E-state index contributed by atoms with van der Waals surface area (Å²) in [6.45, 7) is 3.13. The number of carbonyl (C=O) groups is 2. The Kier molecular flexibility index (Phi) is 6.19. The van der Waals surface area contributed by atoms with Crippen molar-refractivity contribution < 1.29 is 22.8 Å². The van der Waals surface area contributed by atoms with Gasteiger partial charge in [0.25, 0.3) is 5.91 Å². The summed E-state index contributed by atoms with van der Waals surface area (Å²) in [5, 5.41) is 2.60. The maximum atomic E-state index is 13.2. The van der Waals surface area contributed by atoms with Crippen molar-refractivity contribution in [2.75, 3.05) is 37.6 Å². The summed E-state index contributed by atoms with van der Waals surface area (Å²) in [5.74, 6) is -0.0203. The van der Waals surface area contributed by atoms with Crippen LogP contribution in [-0.4, -0.2) is 69.9 Å². The van der Waals surface area contributed by atoms with E-state index in [0.29, 0.717) is 50.5 Å². The predicted molar refractivity (Wildman–Crippen MR) is 139 cm³/mol. The van der Waals surface area contributed by atoms with Gasteiger partial charge in [0, 0.05) is 73.5 Å². The Bertz CT molecular complexity index is 1490. The standard InChI is InChI=1S/C27H24F3N5O2S/c28-27(29,30)19-2-1-3-20(13-19)34-7-6-18-12-21(4-5-24(18)34)35-15-22(14-25(35)36)32-8-10-33(11-9-32)26(37)23-16-38-17-31-23/h1-7,12-13,16-17,22H,8-11,14-15H2/t22-/m1/s1.